The lowest BCUT2D eigenvalue weighted by Gasteiger charge is -2.19. The second-order valence-electron chi connectivity index (χ2n) is 11.7. The van der Waals surface area contributed by atoms with Crippen molar-refractivity contribution in [1.29, 1.82) is 0 Å². The van der Waals surface area contributed by atoms with Crippen molar-refractivity contribution < 1.29 is 24.1 Å². The molecule has 1 N–H and O–H groups in total. The topological polar surface area (TPSA) is 65.0 Å². The van der Waals surface area contributed by atoms with Crippen molar-refractivity contribution in [3.8, 4) is 61.8 Å². The smallest absolute Gasteiger partial charge is 0.341 e. The van der Waals surface area contributed by atoms with Gasteiger partial charge in [-0.1, -0.05) is 97.1 Å². The highest BCUT2D eigenvalue weighted by Gasteiger charge is 2.20. The van der Waals surface area contributed by atoms with Gasteiger partial charge in [-0.3, -0.25) is 0 Å². The Morgan fingerprint density at radius 1 is 0.612 bits per heavy atom. The van der Waals surface area contributed by atoms with Gasteiger partial charge in [0.05, 0.1) is 14.2 Å². The van der Waals surface area contributed by atoms with Gasteiger partial charge in [0.15, 0.2) is 6.61 Å². The molecule has 0 bridgehead atoms. The Bertz CT molecular complexity index is 2250. The molecule has 0 atom stereocenters. The van der Waals surface area contributed by atoms with Crippen molar-refractivity contribution in [3.05, 3.63) is 150 Å². The Balaban J connectivity index is 1.40. The van der Waals surface area contributed by atoms with Crippen LogP contribution in [0.4, 0.5) is 0 Å². The van der Waals surface area contributed by atoms with Crippen LogP contribution < -0.4 is 14.2 Å². The van der Waals surface area contributed by atoms with Crippen molar-refractivity contribution in [1.82, 2.24) is 0 Å². The number of benzene rings is 6. The molecule has 5 nitrogen and oxygen atoms in total. The summed E-state index contributed by atoms with van der Waals surface area (Å²) in [5.74, 6) is 0.867. The van der Waals surface area contributed by atoms with Gasteiger partial charge >= 0.3 is 5.97 Å². The number of hydrogen-bond acceptors (Lipinski definition) is 5. The zero-order valence-electron chi connectivity index (χ0n) is 27.2. The Morgan fingerprint density at radius 2 is 1.22 bits per heavy atom. The van der Waals surface area contributed by atoms with Crippen LogP contribution in [0.3, 0.4) is 0 Å². The van der Waals surface area contributed by atoms with E-state index in [1.165, 1.54) is 26.1 Å². The molecule has 6 aromatic carbocycles. The number of aliphatic carboxylic acids is 1. The van der Waals surface area contributed by atoms with E-state index >= 15 is 0 Å². The lowest BCUT2D eigenvalue weighted by atomic mass is 9.90. The summed E-state index contributed by atoms with van der Waals surface area (Å²) in [7, 11) is 3.28. The SMILES string of the molecule is COc1cccc(-c2cc(-c3ccc(-c4c(Cc5ccccc5)sc5ccccc45)cc3)c(OCC(=O)O)c(-c3cccc(OC)c3)c2)c1. The molecule has 242 valence electrons. The van der Waals surface area contributed by atoms with Crippen molar-refractivity contribution in [2.24, 2.45) is 0 Å². The molecule has 1 heterocycles. The molecule has 0 aliphatic carbocycles. The first kappa shape index (κ1) is 31.7. The number of rotatable bonds is 11. The first-order chi connectivity index (χ1) is 24.0. The molecule has 0 saturated heterocycles. The third kappa shape index (κ3) is 6.77. The molecule has 7 rings (SSSR count). The maximum atomic E-state index is 11.8. The van der Waals surface area contributed by atoms with Gasteiger partial charge in [-0.25, -0.2) is 4.79 Å². The van der Waals surface area contributed by atoms with Crippen LogP contribution in [0.5, 0.6) is 17.2 Å². The van der Waals surface area contributed by atoms with Crippen molar-refractivity contribution >= 4 is 27.4 Å². The van der Waals surface area contributed by atoms with Gasteiger partial charge in [0.1, 0.15) is 17.2 Å². The molecule has 6 heteroatoms. The fourth-order valence-corrected chi connectivity index (χ4v) is 7.50. The van der Waals surface area contributed by atoms with Crippen LogP contribution in [0, 0.1) is 0 Å². The molecule has 0 aliphatic heterocycles. The van der Waals surface area contributed by atoms with Gasteiger partial charge in [0.25, 0.3) is 0 Å². The monoisotopic (exact) mass is 662 g/mol. The average molecular weight is 663 g/mol. The third-order valence-corrected chi connectivity index (χ3v) is 9.74. The van der Waals surface area contributed by atoms with E-state index < -0.39 is 12.6 Å². The molecule has 0 fully saturated rings. The van der Waals surface area contributed by atoms with E-state index in [0.717, 1.165) is 51.1 Å². The van der Waals surface area contributed by atoms with E-state index in [0.29, 0.717) is 11.5 Å². The number of carbonyl (C=O) groups is 1. The van der Waals surface area contributed by atoms with Crippen molar-refractivity contribution in [2.75, 3.05) is 20.8 Å². The predicted molar refractivity (Wildman–Crippen MR) is 199 cm³/mol. The maximum Gasteiger partial charge on any atom is 0.341 e. The number of fused-ring (bicyclic) bond motifs is 1. The molecular weight excluding hydrogens is 629 g/mol. The lowest BCUT2D eigenvalue weighted by molar-refractivity contribution is -0.139. The summed E-state index contributed by atoms with van der Waals surface area (Å²) in [5.41, 5.74) is 8.82. The van der Waals surface area contributed by atoms with Gasteiger partial charge in [0.2, 0.25) is 0 Å². The molecule has 0 unspecified atom stereocenters. The van der Waals surface area contributed by atoms with Crippen molar-refractivity contribution in [2.45, 2.75) is 6.42 Å². The molecular formula is C43H34O5S. The van der Waals surface area contributed by atoms with E-state index in [2.05, 4.69) is 78.9 Å². The first-order valence-electron chi connectivity index (χ1n) is 16.0. The second kappa shape index (κ2) is 14.1. The zero-order chi connectivity index (χ0) is 33.7. The van der Waals surface area contributed by atoms with Crippen LogP contribution in [0.25, 0.3) is 54.6 Å². The van der Waals surface area contributed by atoms with Crippen LogP contribution in [-0.4, -0.2) is 31.9 Å². The molecule has 0 spiro atoms. The molecule has 0 radical (unpaired) electrons. The highest BCUT2D eigenvalue weighted by Crippen LogP contribution is 2.45. The fourth-order valence-electron chi connectivity index (χ4n) is 6.24. The summed E-state index contributed by atoms with van der Waals surface area (Å²) in [6.07, 6.45) is 0.844. The number of ether oxygens (including phenoxy) is 3. The molecule has 7 aromatic rings. The summed E-state index contributed by atoms with van der Waals surface area (Å²) in [6.45, 7) is -0.482. The largest absolute Gasteiger partial charge is 0.497 e. The third-order valence-electron chi connectivity index (χ3n) is 8.57. The number of methoxy groups -OCH3 is 2. The minimum Gasteiger partial charge on any atom is -0.497 e. The van der Waals surface area contributed by atoms with E-state index in [1.807, 2.05) is 72.0 Å². The minimum atomic E-state index is -1.05. The lowest BCUT2D eigenvalue weighted by Crippen LogP contribution is -2.11. The summed E-state index contributed by atoms with van der Waals surface area (Å²) in [4.78, 5) is 13.1. The standard InChI is InChI=1S/C43H34O5S/c1-46-34-14-8-12-31(23-34)33-25-37(43(48-27-41(44)45)38(26-33)32-13-9-15-35(24-32)47-2)29-18-20-30(21-19-29)42-36-16-6-7-17-39(36)49-40(42)22-28-10-4-3-5-11-28/h3-21,23-26H,22,27H2,1-2H3,(H,44,45). The summed E-state index contributed by atoms with van der Waals surface area (Å²) in [6, 6.07) is 47.3. The highest BCUT2D eigenvalue weighted by molar-refractivity contribution is 7.19. The minimum absolute atomic E-state index is 0.482. The van der Waals surface area contributed by atoms with Gasteiger partial charge in [-0.15, -0.1) is 11.3 Å². The Morgan fingerprint density at radius 3 is 1.92 bits per heavy atom. The highest BCUT2D eigenvalue weighted by atomic mass is 32.1. The first-order valence-corrected chi connectivity index (χ1v) is 16.8. The van der Waals surface area contributed by atoms with Crippen LogP contribution in [0.15, 0.2) is 140 Å². The Kier molecular flexibility index (Phi) is 9.13. The fraction of sp³-hybridized carbons (Fsp3) is 0.0930. The van der Waals surface area contributed by atoms with Gasteiger partial charge < -0.3 is 19.3 Å². The van der Waals surface area contributed by atoms with Crippen LogP contribution in [0.2, 0.25) is 0 Å². The van der Waals surface area contributed by atoms with Crippen LogP contribution in [-0.2, 0) is 11.2 Å². The predicted octanol–water partition coefficient (Wildman–Crippen LogP) is 10.6. The number of carboxylic acids is 1. The second-order valence-corrected chi connectivity index (χ2v) is 12.8. The van der Waals surface area contributed by atoms with Crippen LogP contribution >= 0.6 is 11.3 Å². The van der Waals surface area contributed by atoms with Crippen molar-refractivity contribution in [3.63, 3.8) is 0 Å². The van der Waals surface area contributed by atoms with E-state index in [1.54, 1.807) is 14.2 Å². The normalized spacial score (nSPS) is 11.0. The summed E-state index contributed by atoms with van der Waals surface area (Å²) < 4.78 is 18.5. The number of carboxylic acid groups (broad SMARTS) is 1. The van der Waals surface area contributed by atoms with Gasteiger partial charge in [0, 0.05) is 38.1 Å². The Hall–Kier alpha value is -5.85. The molecule has 49 heavy (non-hydrogen) atoms. The van der Waals surface area contributed by atoms with E-state index in [9.17, 15) is 9.90 Å². The molecule has 0 aliphatic rings. The molecule has 0 amide bonds. The maximum absolute atomic E-state index is 11.8. The molecule has 1 aromatic heterocycles. The number of thiophene rings is 1. The number of hydrogen-bond donors (Lipinski definition) is 1. The Labute approximate surface area is 289 Å². The summed E-state index contributed by atoms with van der Waals surface area (Å²) >= 11 is 1.83. The van der Waals surface area contributed by atoms with Gasteiger partial charge in [-0.2, -0.15) is 0 Å². The zero-order valence-corrected chi connectivity index (χ0v) is 28.0. The van der Waals surface area contributed by atoms with E-state index in [4.69, 9.17) is 14.2 Å². The molecule has 0 saturated carbocycles. The summed E-state index contributed by atoms with van der Waals surface area (Å²) in [5, 5.41) is 10.9. The average Bonchev–Trinajstić information content (AvgIpc) is 3.51. The van der Waals surface area contributed by atoms with E-state index in [-0.39, 0.29) is 0 Å². The quantitative estimate of drug-likeness (QED) is 0.149. The van der Waals surface area contributed by atoms with Crippen LogP contribution in [0.1, 0.15) is 10.4 Å². The van der Waals surface area contributed by atoms with Gasteiger partial charge in [-0.05, 0) is 75.8 Å².